The maximum absolute atomic E-state index is 12.6. The van der Waals surface area contributed by atoms with Crippen molar-refractivity contribution in [3.63, 3.8) is 0 Å². The first-order valence-electron chi connectivity index (χ1n) is 5.27. The number of aromatic nitrogens is 1. The van der Waals surface area contributed by atoms with Crippen molar-refractivity contribution in [3.8, 4) is 0 Å². The number of carboxylic acid groups (broad SMARTS) is 1. The first-order valence-corrected chi connectivity index (χ1v) is 5.27. The van der Waals surface area contributed by atoms with E-state index >= 15 is 0 Å². The summed E-state index contributed by atoms with van der Waals surface area (Å²) in [6, 6.07) is 2.13. The number of alkyl halides is 3. The van der Waals surface area contributed by atoms with Gasteiger partial charge in [0.1, 0.15) is 5.82 Å². The van der Waals surface area contributed by atoms with E-state index in [-0.39, 0.29) is 11.7 Å². The zero-order chi connectivity index (χ0) is 13.9. The molecule has 0 aliphatic heterocycles. The Kier molecular flexibility index (Phi) is 4.15. The molecule has 4 nitrogen and oxygen atoms in total. The molecular formula is C11H13F3N2O2. The van der Waals surface area contributed by atoms with E-state index in [1.54, 1.807) is 0 Å². The Morgan fingerprint density at radius 1 is 1.44 bits per heavy atom. The number of hydrogen-bond acceptors (Lipinski definition) is 3. The molecule has 0 saturated heterocycles. The number of rotatable bonds is 4. The molecule has 0 bridgehead atoms. The van der Waals surface area contributed by atoms with Crippen LogP contribution in [0.15, 0.2) is 12.1 Å². The van der Waals surface area contributed by atoms with Gasteiger partial charge in [-0.1, -0.05) is 13.8 Å². The smallest absolute Gasteiger partial charge is 0.434 e. The topological polar surface area (TPSA) is 62.2 Å². The molecule has 2 N–H and O–H groups in total. The molecule has 0 aliphatic carbocycles. The SMILES string of the molecule is CC(C)CNc1ccc(C(=O)O)c(C(F)(F)F)n1. The highest BCUT2D eigenvalue weighted by atomic mass is 19.4. The third-order valence-corrected chi connectivity index (χ3v) is 2.09. The molecule has 0 atom stereocenters. The van der Waals surface area contributed by atoms with E-state index in [1.807, 2.05) is 13.8 Å². The van der Waals surface area contributed by atoms with Crippen molar-refractivity contribution >= 4 is 11.8 Å². The number of aromatic carboxylic acids is 1. The second-order valence-corrected chi connectivity index (χ2v) is 4.17. The van der Waals surface area contributed by atoms with Gasteiger partial charge in [-0.15, -0.1) is 0 Å². The minimum Gasteiger partial charge on any atom is -0.478 e. The molecule has 0 spiro atoms. The molecule has 100 valence electrons. The van der Waals surface area contributed by atoms with E-state index in [4.69, 9.17) is 5.11 Å². The van der Waals surface area contributed by atoms with Crippen LogP contribution in [-0.2, 0) is 6.18 Å². The zero-order valence-corrected chi connectivity index (χ0v) is 9.88. The van der Waals surface area contributed by atoms with Crippen molar-refractivity contribution in [2.24, 2.45) is 5.92 Å². The fraction of sp³-hybridized carbons (Fsp3) is 0.455. The number of nitrogens with one attached hydrogen (secondary N) is 1. The highest BCUT2D eigenvalue weighted by Gasteiger charge is 2.37. The summed E-state index contributed by atoms with van der Waals surface area (Å²) < 4.78 is 37.9. The van der Waals surface area contributed by atoms with E-state index in [0.717, 1.165) is 6.07 Å². The fourth-order valence-corrected chi connectivity index (χ4v) is 1.25. The molecule has 18 heavy (non-hydrogen) atoms. The van der Waals surface area contributed by atoms with Gasteiger partial charge in [-0.05, 0) is 18.1 Å². The number of nitrogens with zero attached hydrogens (tertiary/aromatic N) is 1. The van der Waals surface area contributed by atoms with Gasteiger partial charge in [0.25, 0.3) is 0 Å². The Morgan fingerprint density at radius 2 is 2.06 bits per heavy atom. The highest BCUT2D eigenvalue weighted by Crippen LogP contribution is 2.31. The molecular weight excluding hydrogens is 249 g/mol. The molecule has 1 heterocycles. The minimum atomic E-state index is -4.79. The molecule has 1 aromatic rings. The van der Waals surface area contributed by atoms with Crippen LogP contribution in [0.4, 0.5) is 19.0 Å². The van der Waals surface area contributed by atoms with Gasteiger partial charge in [0, 0.05) is 6.54 Å². The molecule has 0 fully saturated rings. The number of hydrogen-bond donors (Lipinski definition) is 2. The van der Waals surface area contributed by atoms with Gasteiger partial charge in [-0.2, -0.15) is 13.2 Å². The lowest BCUT2D eigenvalue weighted by Crippen LogP contribution is -2.17. The number of carbonyl (C=O) groups is 1. The van der Waals surface area contributed by atoms with E-state index in [2.05, 4.69) is 10.3 Å². The Morgan fingerprint density at radius 3 is 2.50 bits per heavy atom. The Labute approximate surface area is 102 Å². The third kappa shape index (κ3) is 3.61. The van der Waals surface area contributed by atoms with Crippen molar-refractivity contribution in [1.29, 1.82) is 0 Å². The highest BCUT2D eigenvalue weighted by molar-refractivity contribution is 5.89. The largest absolute Gasteiger partial charge is 0.478 e. The number of halogens is 3. The average Bonchev–Trinajstić information content (AvgIpc) is 2.24. The monoisotopic (exact) mass is 262 g/mol. The van der Waals surface area contributed by atoms with Crippen molar-refractivity contribution in [2.45, 2.75) is 20.0 Å². The van der Waals surface area contributed by atoms with Gasteiger partial charge in [0.2, 0.25) is 0 Å². The summed E-state index contributed by atoms with van der Waals surface area (Å²) >= 11 is 0. The Hall–Kier alpha value is -1.79. The summed E-state index contributed by atoms with van der Waals surface area (Å²) in [4.78, 5) is 14.0. The van der Waals surface area contributed by atoms with E-state index in [1.165, 1.54) is 6.07 Å². The first-order chi connectivity index (χ1) is 8.21. The second-order valence-electron chi connectivity index (χ2n) is 4.17. The van der Waals surface area contributed by atoms with Crippen molar-refractivity contribution in [3.05, 3.63) is 23.4 Å². The first kappa shape index (κ1) is 14.3. The van der Waals surface area contributed by atoms with E-state index in [0.29, 0.717) is 6.54 Å². The number of carboxylic acids is 1. The standard InChI is InChI=1S/C11H13F3N2O2/c1-6(2)5-15-8-4-3-7(10(17)18)9(16-8)11(12,13)14/h3-4,6H,5H2,1-2H3,(H,15,16)(H,17,18). The summed E-state index contributed by atoms with van der Waals surface area (Å²) in [6.45, 7) is 4.24. The molecule has 0 unspecified atom stereocenters. The average molecular weight is 262 g/mol. The molecule has 1 rings (SSSR count). The number of pyridine rings is 1. The van der Waals surface area contributed by atoms with Gasteiger partial charge in [-0.25, -0.2) is 9.78 Å². The van der Waals surface area contributed by atoms with Crippen molar-refractivity contribution < 1.29 is 23.1 Å². The molecule has 1 aromatic heterocycles. The zero-order valence-electron chi connectivity index (χ0n) is 9.88. The van der Waals surface area contributed by atoms with Crippen molar-refractivity contribution in [2.75, 3.05) is 11.9 Å². The van der Waals surface area contributed by atoms with Gasteiger partial charge in [0.15, 0.2) is 5.69 Å². The molecule has 0 aliphatic rings. The van der Waals surface area contributed by atoms with Crippen LogP contribution < -0.4 is 5.32 Å². The van der Waals surface area contributed by atoms with E-state index < -0.39 is 23.4 Å². The maximum atomic E-state index is 12.6. The van der Waals surface area contributed by atoms with E-state index in [9.17, 15) is 18.0 Å². The van der Waals surface area contributed by atoms with Crippen LogP contribution >= 0.6 is 0 Å². The molecule has 0 saturated carbocycles. The maximum Gasteiger partial charge on any atom is 0.434 e. The predicted octanol–water partition coefficient (Wildman–Crippen LogP) is 2.87. The predicted molar refractivity (Wildman–Crippen MR) is 59.5 cm³/mol. The van der Waals surface area contributed by atoms with Gasteiger partial charge in [0.05, 0.1) is 5.56 Å². The minimum absolute atomic E-state index is 0.0148. The number of anilines is 1. The summed E-state index contributed by atoms with van der Waals surface area (Å²) in [5, 5.41) is 11.4. The lowest BCUT2D eigenvalue weighted by atomic mass is 10.2. The van der Waals surface area contributed by atoms with Crippen LogP contribution in [0, 0.1) is 5.92 Å². The molecule has 0 aromatic carbocycles. The van der Waals surface area contributed by atoms with Crippen LogP contribution in [-0.4, -0.2) is 22.6 Å². The molecule has 0 radical (unpaired) electrons. The third-order valence-electron chi connectivity index (χ3n) is 2.09. The fourth-order valence-electron chi connectivity index (χ4n) is 1.25. The summed E-state index contributed by atoms with van der Waals surface area (Å²) in [5.74, 6) is -1.40. The second kappa shape index (κ2) is 5.24. The summed E-state index contributed by atoms with van der Waals surface area (Å²) in [7, 11) is 0. The molecule has 7 heteroatoms. The van der Waals surface area contributed by atoms with Gasteiger partial charge in [-0.3, -0.25) is 0 Å². The summed E-state index contributed by atoms with van der Waals surface area (Å²) in [6.07, 6.45) is -4.79. The van der Waals surface area contributed by atoms with Crippen molar-refractivity contribution in [1.82, 2.24) is 4.98 Å². The quantitative estimate of drug-likeness (QED) is 0.875. The Balaban J connectivity index is 3.10. The summed E-state index contributed by atoms with van der Waals surface area (Å²) in [5.41, 5.74) is -2.23. The van der Waals surface area contributed by atoms with Crippen LogP contribution in [0.5, 0.6) is 0 Å². The normalized spacial score (nSPS) is 11.7. The van der Waals surface area contributed by atoms with Crippen LogP contribution in [0.3, 0.4) is 0 Å². The van der Waals surface area contributed by atoms with Gasteiger partial charge < -0.3 is 10.4 Å². The lowest BCUT2D eigenvalue weighted by Gasteiger charge is -2.13. The van der Waals surface area contributed by atoms with Crippen LogP contribution in [0.25, 0.3) is 0 Å². The molecule has 0 amide bonds. The lowest BCUT2D eigenvalue weighted by molar-refractivity contribution is -0.141. The van der Waals surface area contributed by atoms with Gasteiger partial charge >= 0.3 is 12.1 Å². The van der Waals surface area contributed by atoms with Crippen LogP contribution in [0.2, 0.25) is 0 Å². The Bertz CT molecular complexity index is 444. The van der Waals surface area contributed by atoms with Crippen LogP contribution in [0.1, 0.15) is 29.9 Å².